The summed E-state index contributed by atoms with van der Waals surface area (Å²) < 4.78 is 2.06. The van der Waals surface area contributed by atoms with Gasteiger partial charge in [0, 0.05) is 24.3 Å². The maximum absolute atomic E-state index is 4.30. The van der Waals surface area contributed by atoms with E-state index in [1.807, 2.05) is 13.2 Å². The lowest BCUT2D eigenvalue weighted by Crippen LogP contribution is -2.08. The second-order valence-corrected chi connectivity index (χ2v) is 2.82. The number of rotatable bonds is 4. The first-order valence-corrected chi connectivity index (χ1v) is 4.51. The second kappa shape index (κ2) is 4.26. The van der Waals surface area contributed by atoms with Crippen molar-refractivity contribution in [2.45, 2.75) is 33.4 Å². The highest BCUT2D eigenvalue weighted by Crippen LogP contribution is 2.08. The molecule has 0 atom stereocenters. The maximum Gasteiger partial charge on any atom is 0.0537 e. The van der Waals surface area contributed by atoms with E-state index in [9.17, 15) is 0 Å². The topological polar surface area (TPSA) is 29.9 Å². The van der Waals surface area contributed by atoms with Crippen molar-refractivity contribution in [1.29, 1.82) is 0 Å². The first kappa shape index (κ1) is 9.26. The van der Waals surface area contributed by atoms with Gasteiger partial charge in [-0.2, -0.15) is 5.10 Å². The maximum atomic E-state index is 4.30. The van der Waals surface area contributed by atoms with Gasteiger partial charge >= 0.3 is 0 Å². The number of aromatic nitrogens is 2. The summed E-state index contributed by atoms with van der Waals surface area (Å²) in [6, 6.07) is 0. The molecule has 0 saturated carbocycles. The fraction of sp³-hybridized carbons (Fsp3) is 0.667. The molecule has 0 saturated heterocycles. The van der Waals surface area contributed by atoms with Crippen LogP contribution < -0.4 is 5.32 Å². The molecule has 0 bridgehead atoms. The minimum Gasteiger partial charge on any atom is -0.316 e. The van der Waals surface area contributed by atoms with Gasteiger partial charge in [-0.1, -0.05) is 6.92 Å². The van der Waals surface area contributed by atoms with Crippen molar-refractivity contribution >= 4 is 0 Å². The van der Waals surface area contributed by atoms with Crippen LogP contribution in [0.25, 0.3) is 0 Å². The highest BCUT2D eigenvalue weighted by molar-refractivity contribution is 5.17. The van der Waals surface area contributed by atoms with Crippen LogP contribution in [0.3, 0.4) is 0 Å². The number of hydrogen-bond donors (Lipinski definition) is 1. The number of aryl methyl sites for hydroxylation is 1. The number of nitrogens with one attached hydrogen (secondary N) is 1. The predicted molar refractivity (Wildman–Crippen MR) is 50.0 cm³/mol. The van der Waals surface area contributed by atoms with Crippen molar-refractivity contribution < 1.29 is 0 Å². The van der Waals surface area contributed by atoms with Crippen LogP contribution >= 0.6 is 0 Å². The zero-order valence-corrected chi connectivity index (χ0v) is 8.09. The largest absolute Gasteiger partial charge is 0.316 e. The molecule has 0 radical (unpaired) electrons. The Hall–Kier alpha value is -0.830. The van der Waals surface area contributed by atoms with E-state index in [-0.39, 0.29) is 0 Å². The van der Waals surface area contributed by atoms with E-state index >= 15 is 0 Å². The van der Waals surface area contributed by atoms with Gasteiger partial charge < -0.3 is 5.32 Å². The Morgan fingerprint density at radius 3 is 2.75 bits per heavy atom. The molecule has 0 aliphatic heterocycles. The Bertz CT molecular complexity index is 240. The molecule has 0 unspecified atom stereocenters. The molecular weight excluding hydrogens is 150 g/mol. The van der Waals surface area contributed by atoms with Gasteiger partial charge in [0.1, 0.15) is 0 Å². The highest BCUT2D eigenvalue weighted by atomic mass is 15.3. The third-order valence-electron chi connectivity index (χ3n) is 2.04. The van der Waals surface area contributed by atoms with Gasteiger partial charge in [0.05, 0.1) is 6.20 Å². The minimum absolute atomic E-state index is 0.920. The summed E-state index contributed by atoms with van der Waals surface area (Å²) >= 11 is 0. The summed E-state index contributed by atoms with van der Waals surface area (Å²) in [5.74, 6) is 0. The van der Waals surface area contributed by atoms with Gasteiger partial charge in [0.25, 0.3) is 0 Å². The molecule has 0 aromatic carbocycles. The number of nitrogens with zero attached hydrogens (tertiary/aromatic N) is 2. The Kier molecular flexibility index (Phi) is 3.29. The Morgan fingerprint density at radius 1 is 1.50 bits per heavy atom. The Labute approximate surface area is 73.8 Å². The van der Waals surface area contributed by atoms with Crippen LogP contribution in [0.2, 0.25) is 0 Å². The second-order valence-electron chi connectivity index (χ2n) is 2.82. The normalized spacial score (nSPS) is 10.6. The molecule has 0 aliphatic rings. The van der Waals surface area contributed by atoms with Gasteiger partial charge in [0.15, 0.2) is 0 Å². The first-order valence-electron chi connectivity index (χ1n) is 4.51. The van der Waals surface area contributed by atoms with Crippen LogP contribution in [0.4, 0.5) is 0 Å². The number of hydrogen-bond acceptors (Lipinski definition) is 2. The first-order chi connectivity index (χ1) is 5.83. The summed E-state index contributed by atoms with van der Waals surface area (Å²) in [5, 5.41) is 7.44. The average Bonchev–Trinajstić information content (AvgIpc) is 2.47. The third-order valence-corrected chi connectivity index (χ3v) is 2.04. The molecule has 3 nitrogen and oxygen atoms in total. The minimum atomic E-state index is 0.920. The van der Waals surface area contributed by atoms with Gasteiger partial charge in [0.2, 0.25) is 0 Å². The zero-order valence-electron chi connectivity index (χ0n) is 8.09. The summed E-state index contributed by atoms with van der Waals surface area (Å²) in [7, 11) is 1.96. The van der Waals surface area contributed by atoms with E-state index in [0.29, 0.717) is 0 Å². The summed E-state index contributed by atoms with van der Waals surface area (Å²) in [6.07, 6.45) is 3.02. The predicted octanol–water partition coefficient (Wildman–Crippen LogP) is 1.18. The molecule has 1 rings (SSSR count). The average molecular weight is 167 g/mol. The smallest absolute Gasteiger partial charge is 0.0537 e. The molecule has 3 heteroatoms. The van der Waals surface area contributed by atoms with Crippen molar-refractivity contribution in [2.75, 3.05) is 7.05 Å². The van der Waals surface area contributed by atoms with E-state index in [2.05, 4.69) is 28.9 Å². The van der Waals surface area contributed by atoms with E-state index in [0.717, 1.165) is 19.5 Å². The van der Waals surface area contributed by atoms with E-state index in [4.69, 9.17) is 0 Å². The van der Waals surface area contributed by atoms with E-state index in [1.54, 1.807) is 0 Å². The van der Waals surface area contributed by atoms with Crippen LogP contribution in [-0.4, -0.2) is 16.8 Å². The van der Waals surface area contributed by atoms with Gasteiger partial charge in [-0.25, -0.2) is 0 Å². The quantitative estimate of drug-likeness (QED) is 0.730. The highest BCUT2D eigenvalue weighted by Gasteiger charge is 2.05. The molecule has 1 N–H and O–H groups in total. The SMILES string of the molecule is CCc1c(CNC)cnn1CC. The van der Waals surface area contributed by atoms with Crippen LogP contribution in [0.15, 0.2) is 6.20 Å². The molecule has 0 spiro atoms. The van der Waals surface area contributed by atoms with Gasteiger partial charge in [-0.15, -0.1) is 0 Å². The van der Waals surface area contributed by atoms with Crippen molar-refractivity contribution in [3.8, 4) is 0 Å². The van der Waals surface area contributed by atoms with E-state index < -0.39 is 0 Å². The van der Waals surface area contributed by atoms with Crippen LogP contribution in [-0.2, 0) is 19.5 Å². The molecule has 0 fully saturated rings. The van der Waals surface area contributed by atoms with Crippen molar-refractivity contribution in [2.24, 2.45) is 0 Å². The third kappa shape index (κ3) is 1.67. The van der Waals surface area contributed by atoms with Crippen molar-refractivity contribution in [3.63, 3.8) is 0 Å². The molecule has 1 heterocycles. The van der Waals surface area contributed by atoms with E-state index in [1.165, 1.54) is 11.3 Å². The monoisotopic (exact) mass is 167 g/mol. The fourth-order valence-electron chi connectivity index (χ4n) is 1.47. The summed E-state index contributed by atoms with van der Waals surface area (Å²) in [6.45, 7) is 6.17. The Balaban J connectivity index is 2.88. The van der Waals surface area contributed by atoms with Crippen molar-refractivity contribution in [3.05, 3.63) is 17.5 Å². The molecule has 1 aromatic rings. The fourth-order valence-corrected chi connectivity index (χ4v) is 1.47. The lowest BCUT2D eigenvalue weighted by atomic mass is 10.2. The molecule has 0 amide bonds. The van der Waals surface area contributed by atoms with Gasteiger partial charge in [-0.05, 0) is 20.4 Å². The summed E-state index contributed by atoms with van der Waals surface area (Å²) in [4.78, 5) is 0. The van der Waals surface area contributed by atoms with Crippen molar-refractivity contribution in [1.82, 2.24) is 15.1 Å². The lowest BCUT2D eigenvalue weighted by molar-refractivity contribution is 0.622. The molecule has 68 valence electrons. The molecular formula is C9H17N3. The zero-order chi connectivity index (χ0) is 8.97. The lowest BCUT2D eigenvalue weighted by Gasteiger charge is -2.04. The van der Waals surface area contributed by atoms with Gasteiger partial charge in [-0.3, -0.25) is 4.68 Å². The van der Waals surface area contributed by atoms with Crippen LogP contribution in [0, 0.1) is 0 Å². The molecule has 1 aromatic heterocycles. The molecule has 12 heavy (non-hydrogen) atoms. The Morgan fingerprint density at radius 2 is 2.25 bits per heavy atom. The molecule has 0 aliphatic carbocycles. The van der Waals surface area contributed by atoms with Crippen LogP contribution in [0.5, 0.6) is 0 Å². The summed E-state index contributed by atoms with van der Waals surface area (Å²) in [5.41, 5.74) is 2.67. The van der Waals surface area contributed by atoms with Crippen LogP contribution in [0.1, 0.15) is 25.1 Å². The standard InChI is InChI=1S/C9H17N3/c1-4-9-8(6-10-3)7-11-12(9)5-2/h7,10H,4-6H2,1-3H3.